The van der Waals surface area contributed by atoms with Crippen molar-refractivity contribution in [3.05, 3.63) is 82.9 Å². The summed E-state index contributed by atoms with van der Waals surface area (Å²) in [6.07, 6.45) is -2.05. The van der Waals surface area contributed by atoms with Crippen LogP contribution in [0.15, 0.2) is 60.7 Å². The van der Waals surface area contributed by atoms with Gasteiger partial charge in [-0.1, -0.05) is 36.4 Å². The third-order valence-corrected chi connectivity index (χ3v) is 10.4. The normalized spacial score (nSPS) is 13.9. The Kier molecular flexibility index (Phi) is 11.9. The molecule has 4 aromatic carbocycles. The molecule has 6 amide bonds. The van der Waals surface area contributed by atoms with Crippen molar-refractivity contribution in [2.45, 2.75) is 67.2 Å². The number of amides is 6. The first-order chi connectivity index (χ1) is 27.6. The molecule has 2 aliphatic heterocycles. The smallest absolute Gasteiger partial charge is 0.377 e. The summed E-state index contributed by atoms with van der Waals surface area (Å²) < 4.78 is 0. The average molecular weight is 789 g/mol. The third-order valence-electron chi connectivity index (χ3n) is 10.4. The van der Waals surface area contributed by atoms with Crippen molar-refractivity contribution in [3.63, 3.8) is 0 Å². The summed E-state index contributed by atoms with van der Waals surface area (Å²) in [5.74, 6) is -2.32. The van der Waals surface area contributed by atoms with Crippen molar-refractivity contribution in [2.75, 3.05) is 47.6 Å². The predicted octanol–water partition coefficient (Wildman–Crippen LogP) is 8.06. The van der Waals surface area contributed by atoms with Crippen LogP contribution in [0, 0.1) is 27.7 Å². The third kappa shape index (κ3) is 8.08. The van der Waals surface area contributed by atoms with Gasteiger partial charge in [0.15, 0.2) is 0 Å². The minimum absolute atomic E-state index is 0.0205. The zero-order valence-electron chi connectivity index (χ0n) is 34.1. The number of imide groups is 2. The molecular formula is C44H48N6O8. The lowest BCUT2D eigenvalue weighted by Gasteiger charge is -2.28. The Morgan fingerprint density at radius 1 is 0.569 bits per heavy atom. The Morgan fingerprint density at radius 2 is 1.00 bits per heavy atom. The fourth-order valence-corrected chi connectivity index (χ4v) is 7.65. The van der Waals surface area contributed by atoms with Gasteiger partial charge in [0.2, 0.25) is 0 Å². The molecule has 14 heteroatoms. The van der Waals surface area contributed by atoms with E-state index in [1.807, 2.05) is 83.1 Å². The summed E-state index contributed by atoms with van der Waals surface area (Å²) in [4.78, 5) is 90.2. The molecule has 0 aromatic heterocycles. The second-order valence-electron chi connectivity index (χ2n) is 14.6. The van der Waals surface area contributed by atoms with Crippen molar-refractivity contribution in [3.8, 4) is 33.4 Å². The van der Waals surface area contributed by atoms with E-state index in [1.165, 1.54) is 0 Å². The van der Waals surface area contributed by atoms with Crippen molar-refractivity contribution < 1.29 is 38.4 Å². The summed E-state index contributed by atoms with van der Waals surface area (Å²) in [6, 6.07) is 19.5. The van der Waals surface area contributed by atoms with Gasteiger partial charge in [0.1, 0.15) is 0 Å². The standard InChI is InChI=1S/C44H48N6O8/c1-9-48(10-2)33-16-12-14-26(4)41(33)40-27(5)21-29(23-32(40)46-44(56)58-50-37(53)19-20-38(50)54)30-22-28(6)42(34(24-30)47(7)8)39-25(3)13-11-15-31(39)45-43(55)57-49-35(51)17-18-36(49)52/h11-16,21-24H,9-10,17-20H2,1-8H3,(H,45,55)(H,46,56). The molecule has 2 aliphatic rings. The van der Waals surface area contributed by atoms with Gasteiger partial charge in [-0.25, -0.2) is 9.59 Å². The van der Waals surface area contributed by atoms with Gasteiger partial charge in [0.25, 0.3) is 23.6 Å². The van der Waals surface area contributed by atoms with Crippen LogP contribution >= 0.6 is 0 Å². The van der Waals surface area contributed by atoms with Crippen LogP contribution in [0.2, 0.25) is 0 Å². The molecule has 0 radical (unpaired) electrons. The number of benzene rings is 4. The molecule has 14 nitrogen and oxygen atoms in total. The van der Waals surface area contributed by atoms with Crippen molar-refractivity contribution in [1.82, 2.24) is 10.1 Å². The predicted molar refractivity (Wildman–Crippen MR) is 222 cm³/mol. The maximum absolute atomic E-state index is 13.5. The van der Waals surface area contributed by atoms with Crippen LogP contribution in [0.3, 0.4) is 0 Å². The van der Waals surface area contributed by atoms with Crippen LogP contribution in [0.25, 0.3) is 33.4 Å². The van der Waals surface area contributed by atoms with E-state index in [1.54, 1.807) is 12.1 Å². The Bertz CT molecular complexity index is 2320. The first-order valence-electron chi connectivity index (χ1n) is 19.2. The van der Waals surface area contributed by atoms with E-state index >= 15 is 0 Å². The second kappa shape index (κ2) is 16.8. The largest absolute Gasteiger partial charge is 0.436 e. The molecule has 58 heavy (non-hydrogen) atoms. The molecule has 0 bridgehead atoms. The zero-order valence-corrected chi connectivity index (χ0v) is 34.1. The molecule has 4 aromatic rings. The van der Waals surface area contributed by atoms with E-state index in [0.717, 1.165) is 80.1 Å². The molecule has 0 unspecified atom stereocenters. The number of hydrogen-bond acceptors (Lipinski definition) is 10. The van der Waals surface area contributed by atoms with E-state index in [2.05, 4.69) is 41.5 Å². The van der Waals surface area contributed by atoms with Crippen LogP contribution in [-0.2, 0) is 28.9 Å². The van der Waals surface area contributed by atoms with Gasteiger partial charge in [-0.05, 0) is 99.2 Å². The topological polar surface area (TPSA) is 158 Å². The van der Waals surface area contributed by atoms with Gasteiger partial charge in [-0.15, -0.1) is 10.1 Å². The van der Waals surface area contributed by atoms with Gasteiger partial charge in [0.05, 0.1) is 11.4 Å². The van der Waals surface area contributed by atoms with Crippen LogP contribution in [0.5, 0.6) is 0 Å². The van der Waals surface area contributed by atoms with Crippen molar-refractivity contribution in [2.24, 2.45) is 0 Å². The summed E-state index contributed by atoms with van der Waals surface area (Å²) >= 11 is 0. The summed E-state index contributed by atoms with van der Waals surface area (Å²) in [7, 11) is 3.83. The maximum atomic E-state index is 13.5. The van der Waals surface area contributed by atoms with E-state index < -0.39 is 35.8 Å². The lowest BCUT2D eigenvalue weighted by Crippen LogP contribution is -2.34. The molecule has 302 valence electrons. The van der Waals surface area contributed by atoms with Gasteiger partial charge >= 0.3 is 12.2 Å². The Morgan fingerprint density at radius 3 is 1.52 bits per heavy atom. The van der Waals surface area contributed by atoms with E-state index in [0.29, 0.717) is 21.5 Å². The Balaban J connectivity index is 1.47. The molecule has 0 atom stereocenters. The average Bonchev–Trinajstić information content (AvgIpc) is 3.66. The monoisotopic (exact) mass is 788 g/mol. The van der Waals surface area contributed by atoms with Crippen molar-refractivity contribution >= 4 is 58.6 Å². The highest BCUT2D eigenvalue weighted by Crippen LogP contribution is 2.46. The molecule has 2 saturated heterocycles. The summed E-state index contributed by atoms with van der Waals surface area (Å²) in [6.45, 7) is 13.6. The van der Waals surface area contributed by atoms with Crippen LogP contribution in [-0.4, -0.2) is 73.1 Å². The molecule has 0 spiro atoms. The number of aryl methyl sites for hydroxylation is 4. The highest BCUT2D eigenvalue weighted by Gasteiger charge is 2.34. The lowest BCUT2D eigenvalue weighted by molar-refractivity contribution is -0.171. The number of nitrogens with one attached hydrogen (secondary N) is 2. The van der Waals surface area contributed by atoms with Gasteiger partial charge in [-0.2, -0.15) is 0 Å². The fraction of sp³-hybridized carbons (Fsp3) is 0.318. The molecule has 2 heterocycles. The number of nitrogens with zero attached hydrogens (tertiary/aromatic N) is 4. The number of hydrogen-bond donors (Lipinski definition) is 2. The van der Waals surface area contributed by atoms with E-state index in [9.17, 15) is 28.8 Å². The highest BCUT2D eigenvalue weighted by atomic mass is 16.7. The van der Waals surface area contributed by atoms with Gasteiger partial charge in [-0.3, -0.25) is 29.8 Å². The van der Waals surface area contributed by atoms with Crippen molar-refractivity contribution in [1.29, 1.82) is 0 Å². The number of carbonyl (C=O) groups is 6. The summed E-state index contributed by atoms with van der Waals surface area (Å²) in [5, 5.41) is 6.64. The van der Waals surface area contributed by atoms with Crippen LogP contribution in [0.4, 0.5) is 32.3 Å². The summed E-state index contributed by atoms with van der Waals surface area (Å²) in [5.41, 5.74) is 11.0. The Hall–Kier alpha value is -6.70. The molecule has 0 aliphatic carbocycles. The van der Waals surface area contributed by atoms with E-state index in [4.69, 9.17) is 9.68 Å². The van der Waals surface area contributed by atoms with Gasteiger partial charge < -0.3 is 19.5 Å². The molecule has 2 fully saturated rings. The Labute approximate surface area is 337 Å². The minimum atomic E-state index is -0.976. The SMILES string of the molecule is CCN(CC)c1cccc(C)c1-c1c(C)cc(-c2cc(C)c(-c3c(C)cccc3NC(=O)ON3C(=O)CCC3=O)c(N(C)C)c2)cc1NC(=O)ON1C(=O)CCC1=O. The number of rotatable bonds is 11. The van der Waals surface area contributed by atoms with Crippen LogP contribution in [0.1, 0.15) is 61.8 Å². The number of carbonyl (C=O) groups excluding carboxylic acids is 6. The lowest BCUT2D eigenvalue weighted by atomic mass is 9.87. The number of anilines is 4. The quantitative estimate of drug-likeness (QED) is 0.143. The number of hydroxylamine groups is 4. The first kappa shape index (κ1) is 40.9. The fourth-order valence-electron chi connectivity index (χ4n) is 7.65. The highest BCUT2D eigenvalue weighted by molar-refractivity contribution is 6.05. The second-order valence-corrected chi connectivity index (χ2v) is 14.6. The molecular weight excluding hydrogens is 741 g/mol. The molecule has 2 N–H and O–H groups in total. The molecule has 6 rings (SSSR count). The molecule has 0 saturated carbocycles. The van der Waals surface area contributed by atoms with Crippen LogP contribution < -0.4 is 20.4 Å². The van der Waals surface area contributed by atoms with Gasteiger partial charge in [0, 0.05) is 86.5 Å². The minimum Gasteiger partial charge on any atom is -0.377 e. The zero-order chi connectivity index (χ0) is 42.0. The van der Waals surface area contributed by atoms with E-state index in [-0.39, 0.29) is 25.7 Å². The first-order valence-corrected chi connectivity index (χ1v) is 19.2. The maximum Gasteiger partial charge on any atom is 0.436 e.